The molecule has 0 spiro atoms. The molecule has 0 radical (unpaired) electrons. The van der Waals surface area contributed by atoms with E-state index in [9.17, 15) is 0 Å². The van der Waals surface area contributed by atoms with Gasteiger partial charge in [-0.25, -0.2) is 0 Å². The first kappa shape index (κ1) is 17.2. The maximum Gasteiger partial charge on any atom is 0.0764 e. The minimum atomic E-state index is 0.0959. The first-order valence-electron chi connectivity index (χ1n) is 8.02. The summed E-state index contributed by atoms with van der Waals surface area (Å²) >= 11 is 0. The molecule has 0 bridgehead atoms. The molecule has 0 saturated heterocycles. The van der Waals surface area contributed by atoms with Crippen molar-refractivity contribution < 1.29 is 0 Å². The van der Waals surface area contributed by atoms with Gasteiger partial charge in [0.2, 0.25) is 0 Å². The van der Waals surface area contributed by atoms with E-state index < -0.39 is 0 Å². The molecule has 0 saturated carbocycles. The Kier molecular flexibility index (Phi) is 6.69. The Morgan fingerprint density at radius 1 is 1.25 bits per heavy atom. The second-order valence-corrected chi connectivity index (χ2v) is 5.75. The highest BCUT2D eigenvalue weighted by Gasteiger charge is 2.29. The molecule has 0 aliphatic rings. The highest BCUT2D eigenvalue weighted by Crippen LogP contribution is 2.23. The van der Waals surface area contributed by atoms with E-state index in [1.54, 1.807) is 0 Å². The fourth-order valence-corrected chi connectivity index (χ4v) is 2.97. The Labute approximate surface area is 124 Å². The lowest BCUT2D eigenvalue weighted by molar-refractivity contribution is 0.106. The molecule has 1 aromatic heterocycles. The molecule has 0 amide bonds. The summed E-state index contributed by atoms with van der Waals surface area (Å²) in [7, 11) is 2.16. The molecule has 1 heterocycles. The van der Waals surface area contributed by atoms with E-state index in [4.69, 9.17) is 10.8 Å². The van der Waals surface area contributed by atoms with E-state index in [1.807, 2.05) is 0 Å². The van der Waals surface area contributed by atoms with Gasteiger partial charge in [-0.1, -0.05) is 27.7 Å². The van der Waals surface area contributed by atoms with Gasteiger partial charge in [0.05, 0.1) is 11.7 Å². The number of hydrogen-bond donors (Lipinski definition) is 1. The third-order valence-corrected chi connectivity index (χ3v) is 4.89. The van der Waals surface area contributed by atoms with Crippen molar-refractivity contribution in [2.24, 2.45) is 5.73 Å². The van der Waals surface area contributed by atoms with Gasteiger partial charge in [0.1, 0.15) is 0 Å². The molecule has 20 heavy (non-hydrogen) atoms. The van der Waals surface area contributed by atoms with E-state index in [1.165, 1.54) is 0 Å². The van der Waals surface area contributed by atoms with Crippen molar-refractivity contribution >= 4 is 0 Å². The van der Waals surface area contributed by atoms with Gasteiger partial charge in [-0.05, 0) is 38.8 Å². The predicted molar refractivity (Wildman–Crippen MR) is 85.7 cm³/mol. The van der Waals surface area contributed by atoms with Crippen LogP contribution >= 0.6 is 0 Å². The molecule has 0 fully saturated rings. The lowest BCUT2D eigenvalue weighted by Gasteiger charge is -2.39. The van der Waals surface area contributed by atoms with Crippen LogP contribution < -0.4 is 5.73 Å². The molecule has 0 atom stereocenters. The molecule has 116 valence electrons. The van der Waals surface area contributed by atoms with Crippen LogP contribution in [0.1, 0.15) is 65.1 Å². The van der Waals surface area contributed by atoms with E-state index in [0.29, 0.717) is 12.6 Å². The van der Waals surface area contributed by atoms with Crippen LogP contribution in [-0.4, -0.2) is 33.8 Å². The standard InChI is InChI=1S/C16H32N4/c1-6-15(7-2)20-11-10-14(18-20)12-19(5)16(8-3,9-4)13-17/h10-11,15H,6-9,12-13,17H2,1-5H3. The van der Waals surface area contributed by atoms with Gasteiger partial charge < -0.3 is 5.73 Å². The predicted octanol–water partition coefficient (Wildman–Crippen LogP) is 3.19. The topological polar surface area (TPSA) is 47.1 Å². The fraction of sp³-hybridized carbons (Fsp3) is 0.812. The molecule has 1 rings (SSSR count). The van der Waals surface area contributed by atoms with Crippen molar-refractivity contribution in [2.45, 2.75) is 71.5 Å². The zero-order valence-electron chi connectivity index (χ0n) is 13.9. The summed E-state index contributed by atoms with van der Waals surface area (Å²) in [6.45, 7) is 10.4. The van der Waals surface area contributed by atoms with Gasteiger partial charge in [0.15, 0.2) is 0 Å². The first-order chi connectivity index (χ1) is 9.56. The maximum absolute atomic E-state index is 6.01. The summed E-state index contributed by atoms with van der Waals surface area (Å²) in [6.07, 6.45) is 6.52. The highest BCUT2D eigenvalue weighted by atomic mass is 15.3. The zero-order chi connectivity index (χ0) is 15.2. The van der Waals surface area contributed by atoms with Crippen molar-refractivity contribution in [3.63, 3.8) is 0 Å². The second kappa shape index (κ2) is 7.79. The number of hydrogen-bond acceptors (Lipinski definition) is 3. The van der Waals surface area contributed by atoms with Gasteiger partial charge in [-0.15, -0.1) is 0 Å². The summed E-state index contributed by atoms with van der Waals surface area (Å²) in [5.74, 6) is 0. The van der Waals surface area contributed by atoms with E-state index in [0.717, 1.165) is 37.9 Å². The molecule has 0 unspecified atom stereocenters. The van der Waals surface area contributed by atoms with Crippen molar-refractivity contribution in [3.8, 4) is 0 Å². The van der Waals surface area contributed by atoms with Crippen LogP contribution in [0.2, 0.25) is 0 Å². The Hall–Kier alpha value is -0.870. The summed E-state index contributed by atoms with van der Waals surface area (Å²) in [5.41, 5.74) is 7.25. The quantitative estimate of drug-likeness (QED) is 0.755. The monoisotopic (exact) mass is 280 g/mol. The van der Waals surface area contributed by atoms with Gasteiger partial charge >= 0.3 is 0 Å². The third kappa shape index (κ3) is 3.61. The summed E-state index contributed by atoms with van der Waals surface area (Å²) < 4.78 is 2.12. The van der Waals surface area contributed by atoms with Crippen molar-refractivity contribution in [1.82, 2.24) is 14.7 Å². The molecule has 2 N–H and O–H groups in total. The Morgan fingerprint density at radius 2 is 1.85 bits per heavy atom. The van der Waals surface area contributed by atoms with E-state index in [2.05, 4.69) is 56.6 Å². The number of aromatic nitrogens is 2. The van der Waals surface area contributed by atoms with Crippen LogP contribution in [0.5, 0.6) is 0 Å². The minimum Gasteiger partial charge on any atom is -0.329 e. The lowest BCUT2D eigenvalue weighted by atomic mass is 9.91. The maximum atomic E-state index is 6.01. The van der Waals surface area contributed by atoms with Gasteiger partial charge in [0, 0.05) is 24.8 Å². The average molecular weight is 280 g/mol. The van der Waals surface area contributed by atoms with E-state index in [-0.39, 0.29) is 5.54 Å². The molecule has 0 aliphatic carbocycles. The average Bonchev–Trinajstić information content (AvgIpc) is 2.91. The van der Waals surface area contributed by atoms with Crippen LogP contribution in [0.25, 0.3) is 0 Å². The van der Waals surface area contributed by atoms with Crippen LogP contribution in [0.3, 0.4) is 0 Å². The Morgan fingerprint density at radius 3 is 2.30 bits per heavy atom. The Balaban J connectivity index is 2.78. The van der Waals surface area contributed by atoms with Gasteiger partial charge in [-0.3, -0.25) is 9.58 Å². The molecule has 0 aliphatic heterocycles. The van der Waals surface area contributed by atoms with Crippen LogP contribution in [0.15, 0.2) is 12.3 Å². The van der Waals surface area contributed by atoms with Crippen LogP contribution in [0, 0.1) is 0 Å². The minimum absolute atomic E-state index is 0.0959. The Bertz CT molecular complexity index is 369. The zero-order valence-corrected chi connectivity index (χ0v) is 13.9. The van der Waals surface area contributed by atoms with Crippen molar-refractivity contribution in [1.29, 1.82) is 0 Å². The lowest BCUT2D eigenvalue weighted by Crippen LogP contribution is -2.50. The van der Waals surface area contributed by atoms with Gasteiger partial charge in [-0.2, -0.15) is 5.10 Å². The van der Waals surface area contributed by atoms with Crippen molar-refractivity contribution in [3.05, 3.63) is 18.0 Å². The second-order valence-electron chi connectivity index (χ2n) is 5.75. The number of nitrogens with zero attached hydrogens (tertiary/aromatic N) is 3. The van der Waals surface area contributed by atoms with Gasteiger partial charge in [0.25, 0.3) is 0 Å². The summed E-state index contributed by atoms with van der Waals surface area (Å²) in [5, 5.41) is 4.74. The molecule has 1 aromatic rings. The van der Waals surface area contributed by atoms with E-state index >= 15 is 0 Å². The van der Waals surface area contributed by atoms with Crippen LogP contribution in [0.4, 0.5) is 0 Å². The normalized spacial score (nSPS) is 12.6. The number of nitrogens with two attached hydrogens (primary N) is 1. The number of likely N-dealkylation sites (N-methyl/N-ethyl adjacent to an activating group) is 1. The molecular weight excluding hydrogens is 248 g/mol. The molecule has 4 nitrogen and oxygen atoms in total. The molecule has 4 heteroatoms. The fourth-order valence-electron chi connectivity index (χ4n) is 2.97. The highest BCUT2D eigenvalue weighted by molar-refractivity contribution is 5.02. The SMILES string of the molecule is CCC(CC)n1ccc(CN(C)C(CC)(CC)CN)n1. The van der Waals surface area contributed by atoms with Crippen LogP contribution in [-0.2, 0) is 6.54 Å². The van der Waals surface area contributed by atoms with Crippen molar-refractivity contribution in [2.75, 3.05) is 13.6 Å². The number of rotatable bonds is 9. The summed E-state index contributed by atoms with van der Waals surface area (Å²) in [6, 6.07) is 2.66. The molecular formula is C16H32N4. The smallest absolute Gasteiger partial charge is 0.0764 e. The largest absolute Gasteiger partial charge is 0.329 e. The molecule has 0 aromatic carbocycles. The first-order valence-corrected chi connectivity index (χ1v) is 8.02. The third-order valence-electron chi connectivity index (χ3n) is 4.89. The summed E-state index contributed by atoms with van der Waals surface area (Å²) in [4.78, 5) is 2.37.